The molecule has 2 aliphatic rings. The van der Waals surface area contributed by atoms with E-state index < -0.39 is 0 Å². The fourth-order valence-corrected chi connectivity index (χ4v) is 2.79. The molecule has 3 nitrogen and oxygen atoms in total. The first-order chi connectivity index (χ1) is 7.49. The van der Waals surface area contributed by atoms with Gasteiger partial charge >= 0.3 is 0 Å². The van der Waals surface area contributed by atoms with Crippen molar-refractivity contribution in [1.29, 1.82) is 0 Å². The molecule has 1 saturated heterocycles. The lowest BCUT2D eigenvalue weighted by molar-refractivity contribution is 0.0899. The van der Waals surface area contributed by atoms with E-state index in [-0.39, 0.29) is 5.54 Å². The second kappa shape index (κ2) is 4.63. The van der Waals surface area contributed by atoms with E-state index >= 15 is 0 Å². The van der Waals surface area contributed by atoms with Crippen LogP contribution < -0.4 is 5.73 Å². The average molecular weight is 225 g/mol. The second-order valence-electron chi connectivity index (χ2n) is 6.19. The molecule has 0 spiro atoms. The molecule has 1 heterocycles. The van der Waals surface area contributed by atoms with Crippen molar-refractivity contribution in [2.24, 2.45) is 11.7 Å². The van der Waals surface area contributed by atoms with E-state index in [1.165, 1.54) is 39.0 Å². The molecular formula is C13H27N3. The Bertz CT molecular complexity index is 225. The van der Waals surface area contributed by atoms with Crippen LogP contribution in [0.3, 0.4) is 0 Å². The van der Waals surface area contributed by atoms with Gasteiger partial charge in [0.15, 0.2) is 0 Å². The first kappa shape index (κ1) is 12.3. The standard InChI is InChI=1S/C13H27N3/c1-11(2)16-8-6-15(7-9-16)10-13(3,14)12-4-5-12/h11-12H,4-10,14H2,1-3H3. The summed E-state index contributed by atoms with van der Waals surface area (Å²) in [6, 6.07) is 0.690. The molecule has 1 atom stereocenters. The Morgan fingerprint density at radius 1 is 1.19 bits per heavy atom. The SMILES string of the molecule is CC(C)N1CCN(CC(C)(N)C2CC2)CC1. The van der Waals surface area contributed by atoms with E-state index in [0.717, 1.165) is 12.5 Å². The molecule has 2 rings (SSSR count). The Balaban J connectivity index is 1.76. The third-order valence-electron chi connectivity index (χ3n) is 4.21. The molecule has 3 heteroatoms. The van der Waals surface area contributed by atoms with Gasteiger partial charge in [0.25, 0.3) is 0 Å². The maximum Gasteiger partial charge on any atom is 0.0283 e. The van der Waals surface area contributed by atoms with Crippen LogP contribution in [0.4, 0.5) is 0 Å². The monoisotopic (exact) mass is 225 g/mol. The molecule has 0 aromatic heterocycles. The fourth-order valence-electron chi connectivity index (χ4n) is 2.79. The smallest absolute Gasteiger partial charge is 0.0283 e. The number of nitrogens with two attached hydrogens (primary N) is 1. The van der Waals surface area contributed by atoms with Crippen molar-refractivity contribution < 1.29 is 0 Å². The molecule has 0 radical (unpaired) electrons. The Morgan fingerprint density at radius 2 is 1.75 bits per heavy atom. The van der Waals surface area contributed by atoms with Gasteiger partial charge in [0.1, 0.15) is 0 Å². The summed E-state index contributed by atoms with van der Waals surface area (Å²) in [6.45, 7) is 12.7. The van der Waals surface area contributed by atoms with Gasteiger partial charge in [-0.3, -0.25) is 9.80 Å². The van der Waals surface area contributed by atoms with Gasteiger partial charge in [-0.2, -0.15) is 0 Å². The molecule has 16 heavy (non-hydrogen) atoms. The topological polar surface area (TPSA) is 32.5 Å². The van der Waals surface area contributed by atoms with Crippen molar-refractivity contribution in [3.05, 3.63) is 0 Å². The summed E-state index contributed by atoms with van der Waals surface area (Å²) in [6.07, 6.45) is 2.69. The molecule has 0 amide bonds. The zero-order valence-corrected chi connectivity index (χ0v) is 11.1. The number of rotatable bonds is 4. The molecule has 1 unspecified atom stereocenters. The molecule has 0 bridgehead atoms. The highest BCUT2D eigenvalue weighted by molar-refractivity contribution is 4.97. The Hall–Kier alpha value is -0.120. The van der Waals surface area contributed by atoms with Crippen LogP contribution in [0.25, 0.3) is 0 Å². The van der Waals surface area contributed by atoms with Crippen molar-refractivity contribution in [1.82, 2.24) is 9.80 Å². The van der Waals surface area contributed by atoms with E-state index in [4.69, 9.17) is 5.73 Å². The Kier molecular flexibility index (Phi) is 3.57. The lowest BCUT2D eigenvalue weighted by atomic mass is 9.96. The highest BCUT2D eigenvalue weighted by atomic mass is 15.3. The molecular weight excluding hydrogens is 198 g/mol. The molecule has 94 valence electrons. The fraction of sp³-hybridized carbons (Fsp3) is 1.00. The Morgan fingerprint density at radius 3 is 2.19 bits per heavy atom. The first-order valence-electron chi connectivity index (χ1n) is 6.74. The lowest BCUT2D eigenvalue weighted by Gasteiger charge is -2.40. The third kappa shape index (κ3) is 2.96. The van der Waals surface area contributed by atoms with Crippen LogP contribution in [0.5, 0.6) is 0 Å². The van der Waals surface area contributed by atoms with Crippen LogP contribution in [-0.4, -0.2) is 54.1 Å². The van der Waals surface area contributed by atoms with E-state index in [0.29, 0.717) is 6.04 Å². The largest absolute Gasteiger partial charge is 0.324 e. The van der Waals surface area contributed by atoms with E-state index in [9.17, 15) is 0 Å². The van der Waals surface area contributed by atoms with Crippen molar-refractivity contribution >= 4 is 0 Å². The average Bonchev–Trinajstić information content (AvgIpc) is 3.01. The summed E-state index contributed by atoms with van der Waals surface area (Å²) in [5.41, 5.74) is 6.45. The second-order valence-corrected chi connectivity index (χ2v) is 6.19. The van der Waals surface area contributed by atoms with Gasteiger partial charge in [0.2, 0.25) is 0 Å². The number of piperazine rings is 1. The summed E-state index contributed by atoms with van der Waals surface area (Å²) in [4.78, 5) is 5.11. The molecule has 1 aliphatic carbocycles. The van der Waals surface area contributed by atoms with Crippen molar-refractivity contribution in [3.63, 3.8) is 0 Å². The maximum absolute atomic E-state index is 6.39. The predicted molar refractivity (Wildman–Crippen MR) is 68.5 cm³/mol. The van der Waals surface area contributed by atoms with E-state index in [2.05, 4.69) is 30.6 Å². The van der Waals surface area contributed by atoms with Crippen LogP contribution in [0.15, 0.2) is 0 Å². The number of nitrogens with zero attached hydrogens (tertiary/aromatic N) is 2. The zero-order valence-electron chi connectivity index (χ0n) is 11.1. The summed E-state index contributed by atoms with van der Waals surface area (Å²) in [7, 11) is 0. The third-order valence-corrected chi connectivity index (χ3v) is 4.21. The lowest BCUT2D eigenvalue weighted by Crippen LogP contribution is -2.56. The van der Waals surface area contributed by atoms with E-state index in [1.54, 1.807) is 0 Å². The molecule has 1 saturated carbocycles. The summed E-state index contributed by atoms with van der Waals surface area (Å²) >= 11 is 0. The molecule has 1 aliphatic heterocycles. The van der Waals surface area contributed by atoms with Gasteiger partial charge in [0.05, 0.1) is 0 Å². The van der Waals surface area contributed by atoms with Crippen LogP contribution >= 0.6 is 0 Å². The highest BCUT2D eigenvalue weighted by Crippen LogP contribution is 2.38. The highest BCUT2D eigenvalue weighted by Gasteiger charge is 2.39. The molecule has 2 N–H and O–H groups in total. The van der Waals surface area contributed by atoms with Gasteiger partial charge in [-0.15, -0.1) is 0 Å². The normalized spacial score (nSPS) is 28.3. The minimum atomic E-state index is 0.0556. The maximum atomic E-state index is 6.39. The van der Waals surface area contributed by atoms with Crippen molar-refractivity contribution in [2.75, 3.05) is 32.7 Å². The van der Waals surface area contributed by atoms with Gasteiger partial charge in [-0.05, 0) is 39.5 Å². The quantitative estimate of drug-likeness (QED) is 0.779. The summed E-state index contributed by atoms with van der Waals surface area (Å²) in [5, 5.41) is 0. The van der Waals surface area contributed by atoms with Gasteiger partial charge in [-0.25, -0.2) is 0 Å². The van der Waals surface area contributed by atoms with Crippen LogP contribution in [0, 0.1) is 5.92 Å². The van der Waals surface area contributed by atoms with Gasteiger partial charge < -0.3 is 5.73 Å². The van der Waals surface area contributed by atoms with Crippen LogP contribution in [0.1, 0.15) is 33.6 Å². The van der Waals surface area contributed by atoms with Gasteiger partial charge in [-0.1, -0.05) is 0 Å². The summed E-state index contributed by atoms with van der Waals surface area (Å²) < 4.78 is 0. The minimum Gasteiger partial charge on any atom is -0.324 e. The van der Waals surface area contributed by atoms with Crippen molar-refractivity contribution in [3.8, 4) is 0 Å². The molecule has 0 aromatic carbocycles. The predicted octanol–water partition coefficient (Wildman–Crippen LogP) is 1.14. The zero-order chi connectivity index (χ0) is 11.8. The number of hydrogen-bond donors (Lipinski definition) is 1. The minimum absolute atomic E-state index is 0.0556. The van der Waals surface area contributed by atoms with Crippen LogP contribution in [0.2, 0.25) is 0 Å². The van der Waals surface area contributed by atoms with Crippen LogP contribution in [-0.2, 0) is 0 Å². The summed E-state index contributed by atoms with van der Waals surface area (Å²) in [5.74, 6) is 0.788. The molecule has 0 aromatic rings. The van der Waals surface area contributed by atoms with Gasteiger partial charge in [0, 0.05) is 44.3 Å². The molecule has 2 fully saturated rings. The van der Waals surface area contributed by atoms with Crippen molar-refractivity contribution in [2.45, 2.75) is 45.2 Å². The Labute approximate surface area is 100.0 Å². The van der Waals surface area contributed by atoms with E-state index in [1.807, 2.05) is 0 Å². The first-order valence-corrected chi connectivity index (χ1v) is 6.74. The number of hydrogen-bond acceptors (Lipinski definition) is 3.